The molecule has 0 aliphatic rings. The number of hydrogen-bond acceptors (Lipinski definition) is 2. The van der Waals surface area contributed by atoms with E-state index >= 15 is 0 Å². The molecule has 0 atom stereocenters. The average Bonchev–Trinajstić information content (AvgIpc) is 2.16. The number of hydrogen-bond donors (Lipinski definition) is 0. The van der Waals surface area contributed by atoms with Crippen LogP contribution in [0.3, 0.4) is 0 Å². The fourth-order valence-electron chi connectivity index (χ4n) is 1.19. The zero-order valence-electron chi connectivity index (χ0n) is 9.53. The average molecular weight is 333 g/mol. The van der Waals surface area contributed by atoms with Gasteiger partial charge in [0.05, 0.1) is 0 Å². The molecule has 0 aliphatic carbocycles. The molecule has 0 amide bonds. The molecule has 0 radical (unpaired) electrons. The first-order valence-electron chi connectivity index (χ1n) is 5.09. The Bertz CT molecular complexity index is 404. The maximum atomic E-state index is 11.9. The van der Waals surface area contributed by atoms with Gasteiger partial charge < -0.3 is 0 Å². The summed E-state index contributed by atoms with van der Waals surface area (Å²) in [7, 11) is -3.04. The molecule has 0 N–H and O–H groups in total. The van der Waals surface area contributed by atoms with Crippen LogP contribution in [-0.2, 0) is 9.84 Å². The van der Waals surface area contributed by atoms with Crippen molar-refractivity contribution in [1.29, 1.82) is 0 Å². The molecule has 0 bridgehead atoms. The van der Waals surface area contributed by atoms with Gasteiger partial charge in [0.2, 0.25) is 0 Å². The molecule has 0 heterocycles. The molecule has 0 aromatic heterocycles. The number of rotatable bonds is 4. The first-order chi connectivity index (χ1) is 6.81. The summed E-state index contributed by atoms with van der Waals surface area (Å²) < 4.78 is 24.7. The molecule has 0 saturated carbocycles. The zero-order chi connectivity index (χ0) is 11.5. The van der Waals surface area contributed by atoms with Gasteiger partial charge in [0, 0.05) is 0 Å². The van der Waals surface area contributed by atoms with E-state index in [0.29, 0.717) is 10.6 Å². The standard InChI is InChI=1S/C8H9O2S.3CH3.Sn/c1-2-11(9,10)8-6-4-3-5-7-8;;;;/h3-7H,1-2H2;3*1H3;. The zero-order valence-corrected chi connectivity index (χ0v) is 13.2. The van der Waals surface area contributed by atoms with Crippen LogP contribution < -0.4 is 0 Å². The normalized spacial score (nSPS) is 12.7. The van der Waals surface area contributed by atoms with E-state index in [4.69, 9.17) is 0 Å². The summed E-state index contributed by atoms with van der Waals surface area (Å²) in [6.07, 6.45) is 0. The predicted octanol–water partition coefficient (Wildman–Crippen LogP) is 2.80. The third kappa shape index (κ3) is 4.55. The second-order valence-corrected chi connectivity index (χ2v) is 23.1. The van der Waals surface area contributed by atoms with Gasteiger partial charge in [-0.3, -0.25) is 0 Å². The first kappa shape index (κ1) is 13.0. The van der Waals surface area contributed by atoms with E-state index in [9.17, 15) is 8.42 Å². The molecule has 0 spiro atoms. The van der Waals surface area contributed by atoms with Crippen LogP contribution in [0.5, 0.6) is 0 Å². The van der Waals surface area contributed by atoms with Crippen molar-refractivity contribution in [2.75, 3.05) is 5.75 Å². The number of benzene rings is 1. The van der Waals surface area contributed by atoms with Crippen LogP contribution in [0.25, 0.3) is 0 Å². The molecule has 0 fully saturated rings. The van der Waals surface area contributed by atoms with Gasteiger partial charge >= 0.3 is 96.9 Å². The third-order valence-corrected chi connectivity index (χ3v) is 9.98. The fourth-order valence-corrected chi connectivity index (χ4v) is 10.4. The quantitative estimate of drug-likeness (QED) is 0.794. The Kier molecular flexibility index (Phi) is 4.23. The minimum atomic E-state index is -3.04. The van der Waals surface area contributed by atoms with Crippen molar-refractivity contribution in [3.05, 3.63) is 30.3 Å². The monoisotopic (exact) mass is 334 g/mol. The van der Waals surface area contributed by atoms with Crippen molar-refractivity contribution >= 4 is 28.2 Å². The van der Waals surface area contributed by atoms with E-state index in [1.807, 2.05) is 6.07 Å². The Hall–Kier alpha value is -0.0313. The van der Waals surface area contributed by atoms with E-state index < -0.39 is 28.2 Å². The van der Waals surface area contributed by atoms with Crippen LogP contribution in [-0.4, -0.2) is 32.5 Å². The van der Waals surface area contributed by atoms with Crippen LogP contribution in [0.15, 0.2) is 35.2 Å². The molecule has 1 aromatic rings. The Morgan fingerprint density at radius 1 is 1.07 bits per heavy atom. The molecule has 0 unspecified atom stereocenters. The molecule has 0 aliphatic heterocycles. The second-order valence-electron chi connectivity index (χ2n) is 4.94. The molecular formula is C11H18O2SSn. The third-order valence-electron chi connectivity index (χ3n) is 2.22. The van der Waals surface area contributed by atoms with Gasteiger partial charge in [-0.25, -0.2) is 0 Å². The molecule has 1 rings (SSSR count). The van der Waals surface area contributed by atoms with Gasteiger partial charge in [-0.05, 0) is 0 Å². The Balaban J connectivity index is 2.78. The summed E-state index contributed by atoms with van der Waals surface area (Å²) in [5, 5.41) is 0. The summed E-state index contributed by atoms with van der Waals surface area (Å²) in [4.78, 5) is 7.24. The molecule has 1 aromatic carbocycles. The van der Waals surface area contributed by atoms with E-state index in [-0.39, 0.29) is 0 Å². The maximum absolute atomic E-state index is 11.9. The summed E-state index contributed by atoms with van der Waals surface area (Å²) in [6, 6.07) is 8.73. The molecule has 15 heavy (non-hydrogen) atoms. The molecule has 2 nitrogen and oxygen atoms in total. The molecule has 84 valence electrons. The van der Waals surface area contributed by atoms with Crippen molar-refractivity contribution in [1.82, 2.24) is 0 Å². The first-order valence-corrected chi connectivity index (χ1v) is 17.3. The van der Waals surface area contributed by atoms with Gasteiger partial charge in [0.1, 0.15) is 0 Å². The van der Waals surface area contributed by atoms with E-state index in [1.54, 1.807) is 24.3 Å². The van der Waals surface area contributed by atoms with Gasteiger partial charge in [-0.1, -0.05) is 0 Å². The summed E-state index contributed by atoms with van der Waals surface area (Å²) in [6.45, 7) is 0. The topological polar surface area (TPSA) is 34.1 Å². The van der Waals surface area contributed by atoms with E-state index in [1.165, 1.54) is 0 Å². The van der Waals surface area contributed by atoms with Gasteiger partial charge in [-0.15, -0.1) is 0 Å². The molecular weight excluding hydrogens is 315 g/mol. The van der Waals surface area contributed by atoms with Crippen LogP contribution in [0.1, 0.15) is 0 Å². The van der Waals surface area contributed by atoms with Crippen LogP contribution in [0.2, 0.25) is 19.3 Å². The van der Waals surface area contributed by atoms with Crippen molar-refractivity contribution in [3.8, 4) is 0 Å². The Morgan fingerprint density at radius 2 is 1.60 bits per heavy atom. The van der Waals surface area contributed by atoms with Crippen molar-refractivity contribution < 1.29 is 8.42 Å². The van der Waals surface area contributed by atoms with Crippen LogP contribution in [0.4, 0.5) is 0 Å². The predicted molar refractivity (Wildman–Crippen MR) is 66.6 cm³/mol. The molecule has 4 heteroatoms. The SMILES string of the molecule is [CH3][Sn]([CH3])([CH3])[CH2]CS(=O)(=O)c1ccccc1. The fraction of sp³-hybridized carbons (Fsp3) is 0.455. The van der Waals surface area contributed by atoms with Crippen molar-refractivity contribution in [2.24, 2.45) is 0 Å². The summed E-state index contributed by atoms with van der Waals surface area (Å²) in [5.74, 6) is 0.316. The second kappa shape index (κ2) is 4.87. The Morgan fingerprint density at radius 3 is 2.07 bits per heavy atom. The molecule has 0 saturated heterocycles. The number of sulfone groups is 1. The van der Waals surface area contributed by atoms with E-state index in [0.717, 1.165) is 4.44 Å². The Labute approximate surface area is 96.5 Å². The van der Waals surface area contributed by atoms with Crippen LogP contribution >= 0.6 is 0 Å². The van der Waals surface area contributed by atoms with Crippen LogP contribution in [0, 0.1) is 0 Å². The van der Waals surface area contributed by atoms with Gasteiger partial charge in [0.25, 0.3) is 0 Å². The summed E-state index contributed by atoms with van der Waals surface area (Å²) >= 11 is -1.96. The van der Waals surface area contributed by atoms with Gasteiger partial charge in [-0.2, -0.15) is 0 Å². The van der Waals surface area contributed by atoms with Gasteiger partial charge in [0.15, 0.2) is 0 Å². The van der Waals surface area contributed by atoms with Crippen molar-refractivity contribution in [3.63, 3.8) is 0 Å². The van der Waals surface area contributed by atoms with E-state index in [2.05, 4.69) is 14.8 Å². The minimum absolute atomic E-state index is 0.316. The summed E-state index contributed by atoms with van der Waals surface area (Å²) in [5.41, 5.74) is 0. The van der Waals surface area contributed by atoms with Crippen molar-refractivity contribution in [2.45, 2.75) is 24.2 Å².